The van der Waals surface area contributed by atoms with E-state index in [2.05, 4.69) is 0 Å². The minimum absolute atomic E-state index is 0.193. The molecule has 5 heteroatoms. The SMILES string of the molecule is COc1cc(N)c(C#N)c(CC(=O)O)c1. The van der Waals surface area contributed by atoms with Crippen LogP contribution in [-0.4, -0.2) is 18.2 Å². The number of carboxylic acids is 1. The maximum atomic E-state index is 10.6. The smallest absolute Gasteiger partial charge is 0.307 e. The summed E-state index contributed by atoms with van der Waals surface area (Å²) in [5, 5.41) is 17.5. The Morgan fingerprint density at radius 3 is 2.80 bits per heavy atom. The van der Waals surface area contributed by atoms with E-state index in [0.29, 0.717) is 11.3 Å². The zero-order chi connectivity index (χ0) is 11.4. The number of carboxylic acid groups (broad SMARTS) is 1. The molecule has 78 valence electrons. The molecule has 0 aliphatic rings. The predicted molar refractivity (Wildman–Crippen MR) is 53.5 cm³/mol. The third kappa shape index (κ3) is 2.38. The Morgan fingerprint density at radius 2 is 2.33 bits per heavy atom. The fraction of sp³-hybridized carbons (Fsp3) is 0.200. The van der Waals surface area contributed by atoms with Crippen LogP contribution in [0.5, 0.6) is 5.75 Å². The third-order valence-electron chi connectivity index (χ3n) is 1.91. The van der Waals surface area contributed by atoms with Crippen molar-refractivity contribution in [3.63, 3.8) is 0 Å². The maximum Gasteiger partial charge on any atom is 0.307 e. The van der Waals surface area contributed by atoms with Crippen molar-refractivity contribution in [1.82, 2.24) is 0 Å². The highest BCUT2D eigenvalue weighted by Crippen LogP contribution is 2.24. The van der Waals surface area contributed by atoms with Crippen molar-refractivity contribution in [1.29, 1.82) is 5.26 Å². The molecule has 0 unspecified atom stereocenters. The number of carbonyl (C=O) groups is 1. The molecule has 1 aromatic rings. The van der Waals surface area contributed by atoms with Crippen molar-refractivity contribution >= 4 is 11.7 Å². The molecule has 0 spiro atoms. The monoisotopic (exact) mass is 206 g/mol. The van der Waals surface area contributed by atoms with Gasteiger partial charge in [0.1, 0.15) is 11.8 Å². The van der Waals surface area contributed by atoms with Crippen LogP contribution in [-0.2, 0) is 11.2 Å². The summed E-state index contributed by atoms with van der Waals surface area (Å²) in [7, 11) is 1.45. The lowest BCUT2D eigenvalue weighted by Crippen LogP contribution is -2.05. The number of hydrogen-bond donors (Lipinski definition) is 2. The molecule has 0 atom stereocenters. The molecule has 1 aromatic carbocycles. The molecule has 0 aromatic heterocycles. The summed E-state index contributed by atoms with van der Waals surface area (Å²) >= 11 is 0. The summed E-state index contributed by atoms with van der Waals surface area (Å²) in [6.07, 6.45) is -0.246. The second kappa shape index (κ2) is 4.33. The average molecular weight is 206 g/mol. The number of nitrogens with zero attached hydrogens (tertiary/aromatic N) is 1. The van der Waals surface area contributed by atoms with Crippen molar-refractivity contribution in [2.45, 2.75) is 6.42 Å². The highest BCUT2D eigenvalue weighted by Gasteiger charge is 2.11. The Kier molecular flexibility index (Phi) is 3.13. The van der Waals surface area contributed by atoms with Gasteiger partial charge < -0.3 is 15.6 Å². The maximum absolute atomic E-state index is 10.6. The lowest BCUT2D eigenvalue weighted by atomic mass is 10.0. The van der Waals surface area contributed by atoms with Crippen LogP contribution in [0.25, 0.3) is 0 Å². The summed E-state index contributed by atoms with van der Waals surface area (Å²) in [6.45, 7) is 0. The molecule has 0 aliphatic carbocycles. The molecule has 0 saturated heterocycles. The number of rotatable bonds is 3. The Balaban J connectivity index is 3.27. The Hall–Kier alpha value is -2.22. The molecule has 0 aliphatic heterocycles. The zero-order valence-corrected chi connectivity index (χ0v) is 8.15. The van der Waals surface area contributed by atoms with E-state index < -0.39 is 5.97 Å². The predicted octanol–water partition coefficient (Wildman–Crippen LogP) is 0.776. The number of benzene rings is 1. The van der Waals surface area contributed by atoms with Crippen LogP contribution in [0.15, 0.2) is 12.1 Å². The largest absolute Gasteiger partial charge is 0.497 e. The van der Waals surface area contributed by atoms with Gasteiger partial charge >= 0.3 is 5.97 Å². The Labute approximate surface area is 86.7 Å². The van der Waals surface area contributed by atoms with Gasteiger partial charge in [-0.15, -0.1) is 0 Å². The van der Waals surface area contributed by atoms with Gasteiger partial charge in [0.15, 0.2) is 0 Å². The molecule has 0 bridgehead atoms. The fourth-order valence-electron chi connectivity index (χ4n) is 1.25. The van der Waals surface area contributed by atoms with E-state index >= 15 is 0 Å². The van der Waals surface area contributed by atoms with Gasteiger partial charge in [0.05, 0.1) is 24.8 Å². The van der Waals surface area contributed by atoms with Gasteiger partial charge in [0, 0.05) is 6.07 Å². The first-order valence-electron chi connectivity index (χ1n) is 4.16. The van der Waals surface area contributed by atoms with Gasteiger partial charge in [-0.2, -0.15) is 5.26 Å². The van der Waals surface area contributed by atoms with Crippen molar-refractivity contribution in [2.24, 2.45) is 0 Å². The van der Waals surface area contributed by atoms with Crippen LogP contribution in [0, 0.1) is 11.3 Å². The lowest BCUT2D eigenvalue weighted by molar-refractivity contribution is -0.136. The first kappa shape index (κ1) is 10.9. The first-order valence-corrected chi connectivity index (χ1v) is 4.16. The molecule has 0 saturated carbocycles. The van der Waals surface area contributed by atoms with Gasteiger partial charge in [0.2, 0.25) is 0 Å². The van der Waals surface area contributed by atoms with Crippen molar-refractivity contribution in [3.05, 3.63) is 23.3 Å². The highest BCUT2D eigenvalue weighted by molar-refractivity contribution is 5.74. The average Bonchev–Trinajstić information content (AvgIpc) is 2.16. The summed E-state index contributed by atoms with van der Waals surface area (Å²) in [5.41, 5.74) is 6.37. The first-order chi connectivity index (χ1) is 7.08. The second-order valence-electron chi connectivity index (χ2n) is 2.93. The normalized spacial score (nSPS) is 9.33. The van der Waals surface area contributed by atoms with Crippen LogP contribution in [0.2, 0.25) is 0 Å². The molecule has 0 heterocycles. The van der Waals surface area contributed by atoms with Gasteiger partial charge in [0.25, 0.3) is 0 Å². The second-order valence-corrected chi connectivity index (χ2v) is 2.93. The number of nitrogen functional groups attached to an aromatic ring is 1. The van der Waals surface area contributed by atoms with E-state index in [9.17, 15) is 4.79 Å². The molecule has 1 rings (SSSR count). The number of ether oxygens (including phenoxy) is 1. The van der Waals surface area contributed by atoms with Crippen LogP contribution >= 0.6 is 0 Å². The molecule has 0 fully saturated rings. The summed E-state index contributed by atoms with van der Waals surface area (Å²) in [6, 6.07) is 4.87. The van der Waals surface area contributed by atoms with E-state index in [-0.39, 0.29) is 17.7 Å². The van der Waals surface area contributed by atoms with E-state index in [4.69, 9.17) is 20.8 Å². The highest BCUT2D eigenvalue weighted by atomic mass is 16.5. The van der Waals surface area contributed by atoms with Crippen molar-refractivity contribution < 1.29 is 14.6 Å². The molecule has 0 amide bonds. The van der Waals surface area contributed by atoms with Crippen molar-refractivity contribution in [3.8, 4) is 11.8 Å². The minimum Gasteiger partial charge on any atom is -0.497 e. The van der Waals surface area contributed by atoms with Crippen LogP contribution in [0.4, 0.5) is 5.69 Å². The summed E-state index contributed by atoms with van der Waals surface area (Å²) in [4.78, 5) is 10.6. The van der Waals surface area contributed by atoms with Crippen LogP contribution < -0.4 is 10.5 Å². The van der Waals surface area contributed by atoms with E-state index in [1.165, 1.54) is 19.2 Å². The Bertz CT molecular complexity index is 435. The van der Waals surface area contributed by atoms with Crippen LogP contribution in [0.3, 0.4) is 0 Å². The minimum atomic E-state index is -1.01. The Morgan fingerprint density at radius 1 is 1.67 bits per heavy atom. The lowest BCUT2D eigenvalue weighted by Gasteiger charge is -2.07. The molecule has 5 nitrogen and oxygen atoms in total. The van der Waals surface area contributed by atoms with Crippen molar-refractivity contribution in [2.75, 3.05) is 12.8 Å². The van der Waals surface area contributed by atoms with E-state index in [0.717, 1.165) is 0 Å². The number of aliphatic carboxylic acids is 1. The van der Waals surface area contributed by atoms with Gasteiger partial charge in [-0.1, -0.05) is 0 Å². The van der Waals surface area contributed by atoms with E-state index in [1.807, 2.05) is 6.07 Å². The topological polar surface area (TPSA) is 96.3 Å². The number of anilines is 1. The van der Waals surface area contributed by atoms with Gasteiger partial charge in [-0.25, -0.2) is 0 Å². The molecular weight excluding hydrogens is 196 g/mol. The third-order valence-corrected chi connectivity index (χ3v) is 1.91. The molecule has 15 heavy (non-hydrogen) atoms. The fourth-order valence-corrected chi connectivity index (χ4v) is 1.25. The quantitative estimate of drug-likeness (QED) is 0.712. The van der Waals surface area contributed by atoms with Gasteiger partial charge in [-0.05, 0) is 11.6 Å². The summed E-state index contributed by atoms with van der Waals surface area (Å²) in [5.74, 6) is -0.568. The molecule has 3 N–H and O–H groups in total. The molecule has 0 radical (unpaired) electrons. The standard InChI is InChI=1S/C10H10N2O3/c1-15-7-2-6(3-10(13)14)8(5-11)9(12)4-7/h2,4H,3,12H2,1H3,(H,13,14). The van der Waals surface area contributed by atoms with E-state index in [1.54, 1.807) is 0 Å². The van der Waals surface area contributed by atoms with Gasteiger partial charge in [-0.3, -0.25) is 4.79 Å². The zero-order valence-electron chi connectivity index (χ0n) is 8.15. The molecular formula is C10H10N2O3. The number of methoxy groups -OCH3 is 1. The van der Waals surface area contributed by atoms with Crippen LogP contribution in [0.1, 0.15) is 11.1 Å². The number of nitrogens with two attached hydrogens (primary N) is 1. The number of nitriles is 1. The summed E-state index contributed by atoms with van der Waals surface area (Å²) < 4.78 is 4.93. The number of hydrogen-bond acceptors (Lipinski definition) is 4.